The average Bonchev–Trinajstić information content (AvgIpc) is 1.00. The van der Waals surface area contributed by atoms with Gasteiger partial charge >= 0.3 is 25.7 Å². The van der Waals surface area contributed by atoms with Crippen molar-refractivity contribution in [3.05, 3.63) is 0 Å². The van der Waals surface area contributed by atoms with Gasteiger partial charge in [-0.05, 0) is 0 Å². The Morgan fingerprint density at radius 2 is 1.25 bits per heavy atom. The minimum absolute atomic E-state index is 0. The summed E-state index contributed by atoms with van der Waals surface area (Å²) in [6.07, 6.45) is 2.01. The van der Waals surface area contributed by atoms with E-state index < -0.39 is 0 Å². The quantitative estimate of drug-likeness (QED) is 0.469. The summed E-state index contributed by atoms with van der Waals surface area (Å²) >= 11 is 1.95. The van der Waals surface area contributed by atoms with Gasteiger partial charge in [-0.25, -0.2) is 0 Å². The van der Waals surface area contributed by atoms with Gasteiger partial charge in [-0.2, -0.15) is 0 Å². The second-order valence-corrected chi connectivity index (χ2v) is 0. The van der Waals surface area contributed by atoms with E-state index in [1.165, 1.54) is 0 Å². The van der Waals surface area contributed by atoms with Crippen LogP contribution < -0.4 is 0 Å². The molecular weight excluding hydrogens is 225 g/mol. The molecule has 0 amide bonds. The van der Waals surface area contributed by atoms with Gasteiger partial charge in [-0.3, -0.25) is 0 Å². The molecule has 0 bridgehead atoms. The number of rotatable bonds is 0. The fourth-order valence-corrected chi connectivity index (χ4v) is 0. The van der Waals surface area contributed by atoms with E-state index >= 15 is 0 Å². The van der Waals surface area contributed by atoms with Gasteiger partial charge in [0.1, 0.15) is 0 Å². The van der Waals surface area contributed by atoms with Crippen molar-refractivity contribution in [1.82, 2.24) is 0 Å². The normalized spacial score (nSPS) is 1.00. The molecule has 0 aliphatic rings. The van der Waals surface area contributed by atoms with Gasteiger partial charge in [0.25, 0.3) is 0 Å². The predicted molar refractivity (Wildman–Crippen MR) is 8.54 cm³/mol. The Morgan fingerprint density at radius 1 is 1.25 bits per heavy atom. The third-order valence-electron chi connectivity index (χ3n) is 0. The van der Waals surface area contributed by atoms with Crippen LogP contribution >= 0.6 is 0 Å². The van der Waals surface area contributed by atoms with Crippen LogP contribution in [0.25, 0.3) is 0 Å². The standard InChI is InChI=1S/BH2.Cu.Mn.Mo/h1H2;;;/q+1;;;-1. The van der Waals surface area contributed by atoms with Crippen LogP contribution in [0.15, 0.2) is 0 Å². The molecule has 4 heavy (non-hydrogen) atoms. The van der Waals surface area contributed by atoms with E-state index in [1.807, 2.05) is 25.7 Å². The molecule has 0 fully saturated rings. The zero-order chi connectivity index (χ0) is 2.00. The van der Waals surface area contributed by atoms with E-state index in [9.17, 15) is 0 Å². The summed E-state index contributed by atoms with van der Waals surface area (Å²) in [4.78, 5) is 0. The molecule has 0 aromatic rings. The molecule has 0 aromatic carbocycles. The summed E-state index contributed by atoms with van der Waals surface area (Å²) in [7, 11) is 0. The maximum atomic E-state index is 2.01. The second kappa shape index (κ2) is 21.5. The minimum Gasteiger partial charge on any atom is 0 e. The maximum absolute atomic E-state index is 2.01. The molecule has 0 atom stereocenters. The third kappa shape index (κ3) is 9.20. The van der Waals surface area contributed by atoms with Crippen molar-refractivity contribution in [2.45, 2.75) is 0 Å². The van der Waals surface area contributed by atoms with Crippen molar-refractivity contribution in [3.63, 3.8) is 0 Å². The first-order chi connectivity index (χ1) is 1.00. The van der Waals surface area contributed by atoms with Gasteiger partial charge in [0.15, 0.2) is 0 Å². The molecule has 0 aliphatic heterocycles. The van der Waals surface area contributed by atoms with Crippen LogP contribution in [0.3, 0.4) is 0 Å². The molecular formula is H2BCuMnMo. The molecule has 0 rings (SSSR count). The summed E-state index contributed by atoms with van der Waals surface area (Å²) in [6, 6.07) is 0. The average molecular weight is 227 g/mol. The molecule has 4 heteroatoms. The summed E-state index contributed by atoms with van der Waals surface area (Å²) < 4.78 is 0. The predicted octanol–water partition coefficient (Wildman–Crippen LogP) is -0.924. The number of hydrogen-bond acceptors (Lipinski definition) is 0. The SMILES string of the molecule is [BH2][Mo].[Cu].[Mn]. The molecule has 0 aromatic heterocycles. The Labute approximate surface area is 59.5 Å². The fourth-order valence-electron chi connectivity index (χ4n) is 0. The minimum atomic E-state index is 0. The Morgan fingerprint density at radius 3 is 1.25 bits per heavy atom. The largest absolute Gasteiger partial charge is 0 e. The summed E-state index contributed by atoms with van der Waals surface area (Å²) in [5.74, 6) is 0. The molecule has 0 heterocycles. The van der Waals surface area contributed by atoms with Crippen LogP contribution in [0.5, 0.6) is 0 Å². The Bertz CT molecular complexity index is 8.00. The van der Waals surface area contributed by atoms with Gasteiger partial charge in [-0.15, -0.1) is 0 Å². The van der Waals surface area contributed by atoms with Crippen molar-refractivity contribution in [1.29, 1.82) is 0 Å². The van der Waals surface area contributed by atoms with E-state index in [4.69, 9.17) is 0 Å². The van der Waals surface area contributed by atoms with Crippen LogP contribution in [-0.4, -0.2) is 6.11 Å². The molecule has 0 spiro atoms. The van der Waals surface area contributed by atoms with Gasteiger partial charge in [0.05, 0.1) is 0 Å². The summed E-state index contributed by atoms with van der Waals surface area (Å²) in [5, 5.41) is 0. The molecule has 0 saturated carbocycles. The van der Waals surface area contributed by atoms with Crippen molar-refractivity contribution in [2.24, 2.45) is 0 Å². The first-order valence-electron chi connectivity index (χ1n) is 0.408. The Hall–Kier alpha value is 1.79. The van der Waals surface area contributed by atoms with Crippen LogP contribution in [0, 0.1) is 0 Å². The van der Waals surface area contributed by atoms with E-state index in [1.54, 1.807) is 0 Å². The molecule has 0 unspecified atom stereocenters. The van der Waals surface area contributed by atoms with E-state index in [2.05, 4.69) is 0 Å². The fraction of sp³-hybridized carbons (Fsp3) is 0. The van der Waals surface area contributed by atoms with Gasteiger partial charge in [-0.1, -0.05) is 0 Å². The molecule has 29 valence electrons. The first-order valence-corrected chi connectivity index (χ1v) is 2.42. The van der Waals surface area contributed by atoms with Crippen LogP contribution in [-0.2, 0) is 53.8 Å². The molecule has 0 saturated heterocycles. The van der Waals surface area contributed by atoms with Crippen LogP contribution in [0.4, 0.5) is 0 Å². The van der Waals surface area contributed by atoms with Gasteiger partial charge in [0, 0.05) is 34.1 Å². The van der Waals surface area contributed by atoms with Crippen molar-refractivity contribution >= 4 is 6.11 Å². The molecule has 2 radical (unpaired) electrons. The van der Waals surface area contributed by atoms with Crippen molar-refractivity contribution < 1.29 is 53.8 Å². The molecule has 0 aliphatic carbocycles. The van der Waals surface area contributed by atoms with E-state index in [-0.39, 0.29) is 34.1 Å². The van der Waals surface area contributed by atoms with E-state index in [0.717, 1.165) is 0 Å². The summed E-state index contributed by atoms with van der Waals surface area (Å²) in [6.45, 7) is 0. The zero-order valence-corrected chi connectivity index (χ0v) is 6.22. The maximum Gasteiger partial charge on any atom is 0 e. The molecule has 0 N–H and O–H groups in total. The van der Waals surface area contributed by atoms with Gasteiger partial charge in [0.2, 0.25) is 0 Å². The first kappa shape index (κ1) is 17.1. The molecule has 0 nitrogen and oxygen atoms in total. The number of hydrogen-bond donors (Lipinski definition) is 0. The monoisotopic (exact) mass is 229 g/mol. The van der Waals surface area contributed by atoms with E-state index in [0.29, 0.717) is 0 Å². The second-order valence-electron chi connectivity index (χ2n) is 0. The Kier molecular flexibility index (Phi) is 91.5. The van der Waals surface area contributed by atoms with Gasteiger partial charge < -0.3 is 0 Å². The van der Waals surface area contributed by atoms with Crippen LogP contribution in [0.1, 0.15) is 0 Å². The topological polar surface area (TPSA) is 0 Å². The zero-order valence-electron chi connectivity index (χ0n) is 2.09. The van der Waals surface area contributed by atoms with Crippen molar-refractivity contribution in [3.8, 4) is 0 Å². The Balaban J connectivity index is -0.00000000500. The smallest absolute Gasteiger partial charge is 0 e. The van der Waals surface area contributed by atoms with Crippen molar-refractivity contribution in [2.75, 3.05) is 0 Å². The third-order valence-corrected chi connectivity index (χ3v) is 0. The summed E-state index contributed by atoms with van der Waals surface area (Å²) in [5.41, 5.74) is 0. The van der Waals surface area contributed by atoms with Crippen LogP contribution in [0.2, 0.25) is 0 Å².